The quantitative estimate of drug-likeness (QED) is 0.595. The van der Waals surface area contributed by atoms with E-state index in [0.717, 1.165) is 11.1 Å². The number of methoxy groups -OCH3 is 3. The van der Waals surface area contributed by atoms with E-state index in [1.54, 1.807) is 31.3 Å². The second kappa shape index (κ2) is 9.42. The molecule has 164 valence electrons. The van der Waals surface area contributed by atoms with Crippen LogP contribution >= 0.6 is 0 Å². The maximum absolute atomic E-state index is 13.0. The van der Waals surface area contributed by atoms with E-state index in [1.165, 1.54) is 26.2 Å². The number of carbonyl (C=O) groups is 1. The largest absolute Gasteiger partial charge is 0.494 e. The number of aromatic nitrogens is 1. The molecule has 0 fully saturated rings. The summed E-state index contributed by atoms with van der Waals surface area (Å²) < 4.78 is 21.5. The lowest BCUT2D eigenvalue weighted by molar-refractivity contribution is 0.0784. The van der Waals surface area contributed by atoms with Crippen LogP contribution in [0, 0.1) is 0 Å². The van der Waals surface area contributed by atoms with Gasteiger partial charge in [0.15, 0.2) is 11.5 Å². The number of hydrogen-bond acceptors (Lipinski definition) is 6. The fourth-order valence-corrected chi connectivity index (χ4v) is 3.36. The first kappa shape index (κ1) is 22.0. The highest BCUT2D eigenvalue weighted by atomic mass is 16.5. The van der Waals surface area contributed by atoms with Gasteiger partial charge in [-0.15, -0.1) is 0 Å². The number of hydrogen-bond donors (Lipinski definition) is 1. The lowest BCUT2D eigenvalue weighted by Gasteiger charge is -2.19. The van der Waals surface area contributed by atoms with Gasteiger partial charge in [0.05, 0.1) is 34.5 Å². The molecule has 0 saturated carbocycles. The minimum atomic E-state index is -0.290. The van der Waals surface area contributed by atoms with Crippen molar-refractivity contribution in [3.8, 4) is 23.0 Å². The van der Waals surface area contributed by atoms with Gasteiger partial charge in [0.2, 0.25) is 5.75 Å². The van der Waals surface area contributed by atoms with Gasteiger partial charge in [-0.25, -0.2) is 0 Å². The zero-order valence-corrected chi connectivity index (χ0v) is 18.3. The van der Waals surface area contributed by atoms with Crippen LogP contribution in [0.1, 0.15) is 22.8 Å². The predicted molar refractivity (Wildman–Crippen MR) is 118 cm³/mol. The van der Waals surface area contributed by atoms with Gasteiger partial charge >= 0.3 is 0 Å². The lowest BCUT2D eigenvalue weighted by Crippen LogP contribution is -2.29. The Balaban J connectivity index is 1.91. The molecule has 1 amide bonds. The highest BCUT2D eigenvalue weighted by Crippen LogP contribution is 2.38. The fraction of sp³-hybridized carbons (Fsp3) is 0.304. The Morgan fingerprint density at radius 1 is 1.00 bits per heavy atom. The Morgan fingerprint density at radius 3 is 2.26 bits per heavy atom. The maximum atomic E-state index is 13.0. The van der Waals surface area contributed by atoms with E-state index in [9.17, 15) is 9.59 Å². The first-order valence-corrected chi connectivity index (χ1v) is 9.76. The van der Waals surface area contributed by atoms with Gasteiger partial charge in [0.25, 0.3) is 11.5 Å². The summed E-state index contributed by atoms with van der Waals surface area (Å²) in [7, 11) is 6.10. The number of pyridine rings is 1. The monoisotopic (exact) mass is 426 g/mol. The Labute approximate surface area is 180 Å². The summed E-state index contributed by atoms with van der Waals surface area (Å²) in [5.41, 5.74) is 1.27. The van der Waals surface area contributed by atoms with Crippen LogP contribution in [0.15, 0.2) is 41.2 Å². The SMILES string of the molecule is CCOc1ccc2[nH]c(=O)c(CN(C)C(=O)c3cc(OC)c(OC)c(OC)c3)cc2c1. The third-order valence-corrected chi connectivity index (χ3v) is 4.87. The topological polar surface area (TPSA) is 90.1 Å². The third kappa shape index (κ3) is 4.58. The van der Waals surface area contributed by atoms with Gasteiger partial charge in [-0.3, -0.25) is 9.59 Å². The van der Waals surface area contributed by atoms with Crippen LogP contribution in [0.5, 0.6) is 23.0 Å². The van der Waals surface area contributed by atoms with Crippen LogP contribution in [-0.2, 0) is 6.54 Å². The number of carbonyl (C=O) groups excluding carboxylic acids is 1. The van der Waals surface area contributed by atoms with Crippen molar-refractivity contribution in [1.29, 1.82) is 0 Å². The Morgan fingerprint density at radius 2 is 1.68 bits per heavy atom. The molecule has 1 heterocycles. The Hall–Kier alpha value is -3.68. The molecule has 0 radical (unpaired) electrons. The first-order chi connectivity index (χ1) is 14.9. The summed E-state index contributed by atoms with van der Waals surface area (Å²) in [6.45, 7) is 2.58. The van der Waals surface area contributed by atoms with E-state index >= 15 is 0 Å². The fourth-order valence-electron chi connectivity index (χ4n) is 3.36. The molecule has 8 heteroatoms. The number of nitrogens with zero attached hydrogens (tertiary/aromatic N) is 1. The average molecular weight is 426 g/mol. The number of amides is 1. The number of aromatic amines is 1. The highest BCUT2D eigenvalue weighted by Gasteiger charge is 2.20. The van der Waals surface area contributed by atoms with E-state index in [1.807, 2.05) is 19.1 Å². The molecular formula is C23H26N2O6. The van der Waals surface area contributed by atoms with Gasteiger partial charge < -0.3 is 28.8 Å². The first-order valence-electron chi connectivity index (χ1n) is 9.76. The van der Waals surface area contributed by atoms with Crippen LogP contribution in [-0.4, -0.2) is 50.8 Å². The van der Waals surface area contributed by atoms with E-state index < -0.39 is 0 Å². The van der Waals surface area contributed by atoms with Crippen molar-refractivity contribution in [1.82, 2.24) is 9.88 Å². The van der Waals surface area contributed by atoms with Crippen LogP contribution in [0.3, 0.4) is 0 Å². The molecule has 0 aliphatic heterocycles. The summed E-state index contributed by atoms with van der Waals surface area (Å²) >= 11 is 0. The van der Waals surface area contributed by atoms with Crippen molar-refractivity contribution in [2.45, 2.75) is 13.5 Å². The number of H-pyrrole nitrogens is 1. The molecule has 3 aromatic rings. The van der Waals surface area contributed by atoms with Gasteiger partial charge in [-0.05, 0) is 43.3 Å². The number of fused-ring (bicyclic) bond motifs is 1. The van der Waals surface area contributed by atoms with Crippen molar-refractivity contribution in [3.05, 3.63) is 57.9 Å². The summed E-state index contributed by atoms with van der Waals surface area (Å²) in [6.07, 6.45) is 0. The van der Waals surface area contributed by atoms with Crippen molar-refractivity contribution in [2.75, 3.05) is 35.0 Å². The van der Waals surface area contributed by atoms with Gasteiger partial charge in [-0.2, -0.15) is 0 Å². The van der Waals surface area contributed by atoms with Crippen LogP contribution < -0.4 is 24.5 Å². The molecule has 3 rings (SSSR count). The zero-order valence-electron chi connectivity index (χ0n) is 18.3. The van der Waals surface area contributed by atoms with Crippen LogP contribution in [0.4, 0.5) is 0 Å². The Bertz CT molecular complexity index is 1130. The predicted octanol–water partition coefficient (Wildman–Crippen LogP) is 3.22. The molecular weight excluding hydrogens is 400 g/mol. The number of rotatable bonds is 8. The summed E-state index contributed by atoms with van der Waals surface area (Å²) in [4.78, 5) is 29.9. The zero-order chi connectivity index (χ0) is 22.5. The molecule has 0 aliphatic carbocycles. The number of nitrogens with one attached hydrogen (secondary N) is 1. The molecule has 0 unspecified atom stereocenters. The molecule has 0 saturated heterocycles. The van der Waals surface area contributed by atoms with Crippen LogP contribution in [0.25, 0.3) is 10.9 Å². The Kier molecular flexibility index (Phi) is 6.69. The van der Waals surface area contributed by atoms with Crippen LogP contribution in [0.2, 0.25) is 0 Å². The van der Waals surface area contributed by atoms with Gasteiger partial charge in [0, 0.05) is 29.1 Å². The van der Waals surface area contributed by atoms with Crippen molar-refractivity contribution in [3.63, 3.8) is 0 Å². The molecule has 1 N–H and O–H groups in total. The van der Waals surface area contributed by atoms with Crippen molar-refractivity contribution >= 4 is 16.8 Å². The maximum Gasteiger partial charge on any atom is 0.254 e. The highest BCUT2D eigenvalue weighted by molar-refractivity contribution is 5.95. The summed E-state index contributed by atoms with van der Waals surface area (Å²) in [5.74, 6) is 1.59. The van der Waals surface area contributed by atoms with E-state index in [2.05, 4.69) is 4.98 Å². The molecule has 0 bridgehead atoms. The molecule has 2 aromatic carbocycles. The minimum absolute atomic E-state index is 0.125. The summed E-state index contributed by atoms with van der Waals surface area (Å²) in [6, 6.07) is 10.4. The van der Waals surface area contributed by atoms with E-state index in [-0.39, 0.29) is 18.0 Å². The van der Waals surface area contributed by atoms with Gasteiger partial charge in [0.1, 0.15) is 5.75 Å². The number of ether oxygens (including phenoxy) is 4. The number of benzene rings is 2. The standard InChI is InChI=1S/C23H26N2O6/c1-6-31-17-7-8-18-14(10-17)9-16(22(26)24-18)13-25(2)23(27)15-11-19(28-3)21(30-5)20(12-15)29-4/h7-12H,6,13H2,1-5H3,(H,24,26). The molecule has 0 spiro atoms. The van der Waals surface area contributed by atoms with Crippen molar-refractivity contribution in [2.24, 2.45) is 0 Å². The smallest absolute Gasteiger partial charge is 0.254 e. The molecule has 0 aliphatic rings. The van der Waals surface area contributed by atoms with Crippen molar-refractivity contribution < 1.29 is 23.7 Å². The van der Waals surface area contributed by atoms with E-state index in [0.29, 0.717) is 40.5 Å². The second-order valence-electron chi connectivity index (χ2n) is 6.88. The third-order valence-electron chi connectivity index (χ3n) is 4.87. The second-order valence-corrected chi connectivity index (χ2v) is 6.88. The molecule has 8 nitrogen and oxygen atoms in total. The minimum Gasteiger partial charge on any atom is -0.494 e. The summed E-state index contributed by atoms with van der Waals surface area (Å²) in [5, 5.41) is 0.828. The van der Waals surface area contributed by atoms with Gasteiger partial charge in [-0.1, -0.05) is 0 Å². The normalized spacial score (nSPS) is 10.6. The molecule has 0 atom stereocenters. The average Bonchev–Trinajstić information content (AvgIpc) is 2.78. The molecule has 31 heavy (non-hydrogen) atoms. The lowest BCUT2D eigenvalue weighted by atomic mass is 10.1. The molecule has 1 aromatic heterocycles. The van der Waals surface area contributed by atoms with E-state index in [4.69, 9.17) is 18.9 Å².